The van der Waals surface area contributed by atoms with Crippen LogP contribution in [0, 0.1) is 5.92 Å². The molecule has 3 rings (SSSR count). The lowest BCUT2D eigenvalue weighted by Crippen LogP contribution is -2.57. The van der Waals surface area contributed by atoms with Gasteiger partial charge < -0.3 is 19.3 Å². The van der Waals surface area contributed by atoms with Gasteiger partial charge in [0.1, 0.15) is 5.60 Å². The molecule has 0 aromatic rings. The van der Waals surface area contributed by atoms with E-state index in [-0.39, 0.29) is 5.92 Å². The summed E-state index contributed by atoms with van der Waals surface area (Å²) in [6.45, 7) is 7.43. The Morgan fingerprint density at radius 3 is 2.38 bits per heavy atom. The quantitative estimate of drug-likeness (QED) is 0.729. The topological polar surface area (TPSA) is 47.9 Å². The van der Waals surface area contributed by atoms with Crippen LogP contribution >= 0.6 is 0 Å². The summed E-state index contributed by atoms with van der Waals surface area (Å²) in [5.74, 6) is -0.348. The van der Waals surface area contributed by atoms with Gasteiger partial charge in [0.15, 0.2) is 0 Å². The Morgan fingerprint density at radius 2 is 1.88 bits per heavy atom. The van der Waals surface area contributed by atoms with Crippen molar-refractivity contribution in [3.05, 3.63) is 0 Å². The molecule has 4 nitrogen and oxygen atoms in total. The second-order valence-corrected chi connectivity index (χ2v) is 5.81. The molecule has 0 amide bonds. The maximum atomic E-state index is 10.1. The number of hydrogen-bond acceptors (Lipinski definition) is 4. The molecule has 1 spiro atoms. The minimum atomic E-state index is -0.616. The van der Waals surface area contributed by atoms with Gasteiger partial charge in [-0.3, -0.25) is 0 Å². The molecule has 0 aromatic carbocycles. The van der Waals surface area contributed by atoms with Crippen molar-refractivity contribution in [2.75, 3.05) is 13.2 Å². The third-order valence-corrected chi connectivity index (χ3v) is 4.53. The van der Waals surface area contributed by atoms with E-state index in [4.69, 9.17) is 14.2 Å². The number of fused-ring (bicyclic) bond motifs is 3. The zero-order chi connectivity index (χ0) is 11.6. The minimum Gasteiger partial charge on any atom is -0.390 e. The van der Waals surface area contributed by atoms with Crippen LogP contribution < -0.4 is 0 Å². The van der Waals surface area contributed by atoms with Crippen LogP contribution in [0.2, 0.25) is 0 Å². The summed E-state index contributed by atoms with van der Waals surface area (Å²) < 4.78 is 17.9. The van der Waals surface area contributed by atoms with E-state index in [0.717, 1.165) is 0 Å². The van der Waals surface area contributed by atoms with E-state index in [1.54, 1.807) is 0 Å². The number of hydrogen-bond donors (Lipinski definition) is 1. The first kappa shape index (κ1) is 11.0. The summed E-state index contributed by atoms with van der Waals surface area (Å²) in [4.78, 5) is 0. The zero-order valence-electron chi connectivity index (χ0n) is 10.2. The predicted octanol–water partition coefficient (Wildman–Crippen LogP) is 1.07. The molecular formula is C12H20O4. The third-order valence-electron chi connectivity index (χ3n) is 4.53. The minimum absolute atomic E-state index is 0.268. The Bertz CT molecular complexity index is 306. The molecule has 4 heteroatoms. The van der Waals surface area contributed by atoms with Gasteiger partial charge in [-0.1, -0.05) is 13.8 Å². The lowest BCUT2D eigenvalue weighted by Gasteiger charge is -2.43. The van der Waals surface area contributed by atoms with Crippen LogP contribution in [0.15, 0.2) is 0 Å². The van der Waals surface area contributed by atoms with E-state index >= 15 is 0 Å². The summed E-state index contributed by atoms with van der Waals surface area (Å²) in [7, 11) is 0. The molecule has 3 aliphatic heterocycles. The fraction of sp³-hybridized carbons (Fsp3) is 1.00. The molecule has 0 aliphatic carbocycles. The highest BCUT2D eigenvalue weighted by atomic mass is 16.8. The maximum absolute atomic E-state index is 10.1. The molecule has 3 fully saturated rings. The van der Waals surface area contributed by atoms with Gasteiger partial charge in [-0.15, -0.1) is 0 Å². The highest BCUT2D eigenvalue weighted by Crippen LogP contribution is 2.61. The molecule has 3 aliphatic rings. The average molecular weight is 228 g/mol. The van der Waals surface area contributed by atoms with Crippen molar-refractivity contribution in [3.8, 4) is 0 Å². The van der Waals surface area contributed by atoms with Crippen LogP contribution in [0.4, 0.5) is 0 Å². The van der Waals surface area contributed by atoms with E-state index in [0.29, 0.717) is 26.1 Å². The number of aliphatic hydroxyl groups excluding tert-OH is 1. The zero-order valence-corrected chi connectivity index (χ0v) is 10.2. The van der Waals surface area contributed by atoms with Gasteiger partial charge in [-0.25, -0.2) is 0 Å². The summed E-state index contributed by atoms with van der Waals surface area (Å²) in [6.07, 6.45) is 0.842. The molecule has 2 bridgehead atoms. The van der Waals surface area contributed by atoms with Crippen molar-refractivity contribution in [2.24, 2.45) is 5.92 Å². The number of rotatable bonds is 1. The summed E-state index contributed by atoms with van der Waals surface area (Å²) in [5, 5.41) is 10.1. The van der Waals surface area contributed by atoms with Crippen LogP contribution in [-0.2, 0) is 14.2 Å². The molecule has 16 heavy (non-hydrogen) atoms. The van der Waals surface area contributed by atoms with Crippen molar-refractivity contribution in [1.29, 1.82) is 0 Å². The standard InChI is InChI=1S/C12H20O4/c1-8(2)11-6-9(13)10(3,16-11)7-12(11)14-4-5-15-12/h8-9,13H,4-7H2,1-3H3/t9-,10+,11-/m1/s1. The van der Waals surface area contributed by atoms with Gasteiger partial charge in [0, 0.05) is 12.8 Å². The van der Waals surface area contributed by atoms with E-state index in [1.807, 2.05) is 6.92 Å². The van der Waals surface area contributed by atoms with Gasteiger partial charge in [-0.2, -0.15) is 0 Å². The summed E-state index contributed by atoms with van der Waals surface area (Å²) >= 11 is 0. The summed E-state index contributed by atoms with van der Waals surface area (Å²) in [6, 6.07) is 0. The molecule has 0 radical (unpaired) electrons. The molecule has 92 valence electrons. The largest absolute Gasteiger partial charge is 0.390 e. The van der Waals surface area contributed by atoms with Crippen molar-refractivity contribution in [1.82, 2.24) is 0 Å². The lowest BCUT2D eigenvalue weighted by molar-refractivity contribution is -0.251. The van der Waals surface area contributed by atoms with Gasteiger partial charge in [-0.05, 0) is 12.8 Å². The highest BCUT2D eigenvalue weighted by Gasteiger charge is 2.75. The monoisotopic (exact) mass is 228 g/mol. The van der Waals surface area contributed by atoms with E-state index in [2.05, 4.69) is 13.8 Å². The van der Waals surface area contributed by atoms with Crippen LogP contribution in [0.3, 0.4) is 0 Å². The molecule has 0 saturated carbocycles. The van der Waals surface area contributed by atoms with Crippen molar-refractivity contribution in [3.63, 3.8) is 0 Å². The maximum Gasteiger partial charge on any atom is 0.201 e. The Morgan fingerprint density at radius 1 is 1.25 bits per heavy atom. The van der Waals surface area contributed by atoms with Crippen molar-refractivity contribution >= 4 is 0 Å². The average Bonchev–Trinajstić information content (AvgIpc) is 2.79. The Balaban J connectivity index is 2.04. The first-order valence-corrected chi connectivity index (χ1v) is 6.10. The van der Waals surface area contributed by atoms with Gasteiger partial charge >= 0.3 is 0 Å². The van der Waals surface area contributed by atoms with Crippen LogP contribution in [0.25, 0.3) is 0 Å². The fourth-order valence-electron chi connectivity index (χ4n) is 3.62. The first-order valence-electron chi connectivity index (χ1n) is 6.10. The molecule has 0 aromatic heterocycles. The van der Waals surface area contributed by atoms with Crippen LogP contribution in [-0.4, -0.2) is 41.4 Å². The second-order valence-electron chi connectivity index (χ2n) is 5.81. The molecule has 1 N–H and O–H groups in total. The third kappa shape index (κ3) is 1.04. The Labute approximate surface area is 95.9 Å². The van der Waals surface area contributed by atoms with Gasteiger partial charge in [0.25, 0.3) is 0 Å². The number of aliphatic hydroxyl groups is 1. The molecule has 3 atom stereocenters. The van der Waals surface area contributed by atoms with Crippen LogP contribution in [0.1, 0.15) is 33.6 Å². The fourth-order valence-corrected chi connectivity index (χ4v) is 3.62. The number of ether oxygens (including phenoxy) is 3. The van der Waals surface area contributed by atoms with Gasteiger partial charge in [0.05, 0.1) is 24.9 Å². The molecular weight excluding hydrogens is 208 g/mol. The lowest BCUT2D eigenvalue weighted by atomic mass is 9.71. The first-order chi connectivity index (χ1) is 7.44. The van der Waals surface area contributed by atoms with Crippen molar-refractivity contribution in [2.45, 2.75) is 56.7 Å². The van der Waals surface area contributed by atoms with Gasteiger partial charge in [0.2, 0.25) is 5.79 Å². The van der Waals surface area contributed by atoms with E-state index in [9.17, 15) is 5.11 Å². The predicted molar refractivity (Wildman–Crippen MR) is 56.9 cm³/mol. The smallest absolute Gasteiger partial charge is 0.201 e. The molecule has 0 unspecified atom stereocenters. The molecule has 3 heterocycles. The summed E-state index contributed by atoms with van der Waals surface area (Å²) in [5.41, 5.74) is -0.980. The van der Waals surface area contributed by atoms with E-state index < -0.39 is 23.1 Å². The Hall–Kier alpha value is -0.160. The second kappa shape index (κ2) is 2.99. The normalized spacial score (nSPS) is 49.7. The SMILES string of the molecule is CC(C)[C@]12C[C@@H](O)[C@](C)(CC13OCCO3)O2. The Kier molecular flexibility index (Phi) is 2.05. The molecule has 3 saturated heterocycles. The highest BCUT2D eigenvalue weighted by molar-refractivity contribution is 5.19. The van der Waals surface area contributed by atoms with E-state index in [1.165, 1.54) is 0 Å². The van der Waals surface area contributed by atoms with Crippen molar-refractivity contribution < 1.29 is 19.3 Å². The van der Waals surface area contributed by atoms with Crippen LogP contribution in [0.5, 0.6) is 0 Å².